The van der Waals surface area contributed by atoms with Crippen LogP contribution in [-0.2, 0) is 9.59 Å². The van der Waals surface area contributed by atoms with Gasteiger partial charge in [0.05, 0.1) is 0 Å². The molecule has 0 fully saturated rings. The normalized spacial score (nSPS) is 12.0. The summed E-state index contributed by atoms with van der Waals surface area (Å²) in [5.41, 5.74) is 1.13. The number of benzene rings is 1. The Morgan fingerprint density at radius 3 is 2.00 bits per heavy atom. The molecular formula is C19H28O3. The van der Waals surface area contributed by atoms with E-state index >= 15 is 0 Å². The maximum absolute atomic E-state index is 12.3. The van der Waals surface area contributed by atoms with E-state index in [4.69, 9.17) is 5.11 Å². The molecule has 1 rings (SSSR count). The number of rotatable bonds is 12. The third-order valence-electron chi connectivity index (χ3n) is 4.06. The Hall–Kier alpha value is -1.64. The van der Waals surface area contributed by atoms with Crippen molar-refractivity contribution in [3.8, 4) is 0 Å². The number of carbonyl (C=O) groups excluding carboxylic acids is 1. The van der Waals surface area contributed by atoms with E-state index in [0.717, 1.165) is 50.5 Å². The number of Topliss-reactive ketones (excluding diaryl/α,β-unsaturated/α-hetero) is 1. The Morgan fingerprint density at radius 2 is 1.45 bits per heavy atom. The smallest absolute Gasteiger partial charge is 0.303 e. The zero-order valence-electron chi connectivity index (χ0n) is 13.6. The van der Waals surface area contributed by atoms with Crippen molar-refractivity contribution in [2.45, 2.75) is 70.6 Å². The van der Waals surface area contributed by atoms with Crippen LogP contribution in [0.15, 0.2) is 30.3 Å². The van der Waals surface area contributed by atoms with Crippen molar-refractivity contribution in [2.24, 2.45) is 0 Å². The third-order valence-corrected chi connectivity index (χ3v) is 4.06. The lowest BCUT2D eigenvalue weighted by Gasteiger charge is -2.14. The first-order valence-corrected chi connectivity index (χ1v) is 8.44. The molecule has 0 saturated carbocycles. The molecule has 0 radical (unpaired) electrons. The molecule has 0 bridgehead atoms. The Bertz CT molecular complexity index is 439. The molecule has 0 spiro atoms. The molecule has 3 nitrogen and oxygen atoms in total. The van der Waals surface area contributed by atoms with Gasteiger partial charge in [-0.15, -0.1) is 0 Å². The van der Waals surface area contributed by atoms with Crippen LogP contribution in [0.25, 0.3) is 0 Å². The van der Waals surface area contributed by atoms with Gasteiger partial charge in [0, 0.05) is 18.8 Å². The number of hydrogen-bond acceptors (Lipinski definition) is 2. The van der Waals surface area contributed by atoms with E-state index < -0.39 is 5.97 Å². The fourth-order valence-electron chi connectivity index (χ4n) is 2.79. The maximum atomic E-state index is 12.3. The molecule has 3 heteroatoms. The van der Waals surface area contributed by atoms with Gasteiger partial charge in [-0.3, -0.25) is 9.59 Å². The Kier molecular flexibility index (Phi) is 9.20. The van der Waals surface area contributed by atoms with E-state index in [0.29, 0.717) is 12.2 Å². The Balaban J connectivity index is 2.16. The lowest BCUT2D eigenvalue weighted by atomic mass is 9.89. The van der Waals surface area contributed by atoms with Gasteiger partial charge in [0.25, 0.3) is 0 Å². The van der Waals surface area contributed by atoms with E-state index in [1.165, 1.54) is 0 Å². The van der Waals surface area contributed by atoms with Crippen molar-refractivity contribution in [3.05, 3.63) is 35.9 Å². The van der Waals surface area contributed by atoms with Crippen molar-refractivity contribution in [2.75, 3.05) is 0 Å². The van der Waals surface area contributed by atoms with Crippen molar-refractivity contribution >= 4 is 11.8 Å². The summed E-state index contributed by atoms with van der Waals surface area (Å²) < 4.78 is 0. The van der Waals surface area contributed by atoms with Gasteiger partial charge in [-0.25, -0.2) is 0 Å². The van der Waals surface area contributed by atoms with Crippen LogP contribution < -0.4 is 0 Å². The van der Waals surface area contributed by atoms with Crippen LogP contribution in [0.3, 0.4) is 0 Å². The van der Waals surface area contributed by atoms with Gasteiger partial charge in [0.2, 0.25) is 0 Å². The Labute approximate surface area is 133 Å². The number of ketones is 1. The SMILES string of the molecule is CCC(C(=O)CCCCCCCCC(=O)O)c1ccccc1. The molecule has 0 saturated heterocycles. The van der Waals surface area contributed by atoms with E-state index in [1.807, 2.05) is 30.3 Å². The quantitative estimate of drug-likeness (QED) is 0.556. The summed E-state index contributed by atoms with van der Waals surface area (Å²) in [6.45, 7) is 2.07. The molecule has 1 N–H and O–H groups in total. The summed E-state index contributed by atoms with van der Waals surface area (Å²) >= 11 is 0. The molecule has 0 heterocycles. The van der Waals surface area contributed by atoms with Gasteiger partial charge >= 0.3 is 5.97 Å². The highest BCUT2D eigenvalue weighted by Crippen LogP contribution is 2.23. The molecule has 0 aliphatic rings. The number of carboxylic acid groups (broad SMARTS) is 1. The molecule has 1 aromatic carbocycles. The summed E-state index contributed by atoms with van der Waals surface area (Å²) in [7, 11) is 0. The van der Waals surface area contributed by atoms with Crippen LogP contribution in [0, 0.1) is 0 Å². The minimum absolute atomic E-state index is 0.0387. The highest BCUT2D eigenvalue weighted by atomic mass is 16.4. The fraction of sp³-hybridized carbons (Fsp3) is 0.579. The molecule has 0 amide bonds. The van der Waals surface area contributed by atoms with E-state index in [2.05, 4.69) is 6.92 Å². The van der Waals surface area contributed by atoms with E-state index in [1.54, 1.807) is 0 Å². The fourth-order valence-corrected chi connectivity index (χ4v) is 2.79. The van der Waals surface area contributed by atoms with E-state index in [9.17, 15) is 9.59 Å². The number of carboxylic acids is 1. The molecule has 0 aliphatic carbocycles. The highest BCUT2D eigenvalue weighted by Gasteiger charge is 2.17. The number of unbranched alkanes of at least 4 members (excludes halogenated alkanes) is 5. The van der Waals surface area contributed by atoms with E-state index in [-0.39, 0.29) is 12.3 Å². The predicted octanol–water partition coefficient (Wildman–Crippen LogP) is 4.95. The van der Waals surface area contributed by atoms with Crippen LogP contribution in [0.5, 0.6) is 0 Å². The average Bonchev–Trinajstić information content (AvgIpc) is 2.51. The van der Waals surface area contributed by atoms with Gasteiger partial charge in [-0.1, -0.05) is 62.9 Å². The molecule has 0 aliphatic heterocycles. The monoisotopic (exact) mass is 304 g/mol. The summed E-state index contributed by atoms with van der Waals surface area (Å²) in [5.74, 6) is -0.326. The van der Waals surface area contributed by atoms with Gasteiger partial charge in [0.1, 0.15) is 5.78 Å². The largest absolute Gasteiger partial charge is 0.481 e. The number of carbonyl (C=O) groups is 2. The third kappa shape index (κ3) is 7.39. The van der Waals surface area contributed by atoms with Crippen molar-refractivity contribution < 1.29 is 14.7 Å². The summed E-state index contributed by atoms with van der Waals surface area (Å²) in [6, 6.07) is 10.0. The van der Waals surface area contributed by atoms with Crippen LogP contribution in [-0.4, -0.2) is 16.9 Å². The van der Waals surface area contributed by atoms with Gasteiger partial charge in [-0.2, -0.15) is 0 Å². The Morgan fingerprint density at radius 1 is 0.909 bits per heavy atom. The molecule has 22 heavy (non-hydrogen) atoms. The second-order valence-corrected chi connectivity index (χ2v) is 5.85. The standard InChI is InChI=1S/C19H28O3/c1-2-17(16-12-8-7-9-13-16)18(20)14-10-5-3-4-6-11-15-19(21)22/h7-9,12-13,17H,2-6,10-11,14-15H2,1H3,(H,21,22). The number of aliphatic carboxylic acids is 1. The predicted molar refractivity (Wildman–Crippen MR) is 89.1 cm³/mol. The summed E-state index contributed by atoms with van der Waals surface area (Å²) in [6.07, 6.45) is 7.69. The highest BCUT2D eigenvalue weighted by molar-refractivity contribution is 5.85. The average molecular weight is 304 g/mol. The first kappa shape index (κ1) is 18.4. The van der Waals surface area contributed by atoms with Crippen LogP contribution >= 0.6 is 0 Å². The molecular weight excluding hydrogens is 276 g/mol. The maximum Gasteiger partial charge on any atom is 0.303 e. The van der Waals surface area contributed by atoms with Crippen LogP contribution in [0.4, 0.5) is 0 Å². The summed E-state index contributed by atoms with van der Waals surface area (Å²) in [4.78, 5) is 22.7. The molecule has 1 unspecified atom stereocenters. The van der Waals surface area contributed by atoms with Gasteiger partial charge in [-0.05, 0) is 24.8 Å². The van der Waals surface area contributed by atoms with Gasteiger partial charge < -0.3 is 5.11 Å². The van der Waals surface area contributed by atoms with Crippen LogP contribution in [0.1, 0.15) is 76.2 Å². The second kappa shape index (κ2) is 11.0. The zero-order chi connectivity index (χ0) is 16.2. The molecule has 1 aromatic rings. The first-order chi connectivity index (χ1) is 10.6. The first-order valence-electron chi connectivity index (χ1n) is 8.44. The summed E-state index contributed by atoms with van der Waals surface area (Å²) in [5, 5.41) is 8.55. The number of hydrogen-bond donors (Lipinski definition) is 1. The van der Waals surface area contributed by atoms with Crippen molar-refractivity contribution in [3.63, 3.8) is 0 Å². The minimum atomic E-state index is -0.711. The lowest BCUT2D eigenvalue weighted by Crippen LogP contribution is -2.11. The molecule has 0 aromatic heterocycles. The minimum Gasteiger partial charge on any atom is -0.481 e. The molecule has 122 valence electrons. The van der Waals surface area contributed by atoms with Crippen LogP contribution in [0.2, 0.25) is 0 Å². The topological polar surface area (TPSA) is 54.4 Å². The van der Waals surface area contributed by atoms with Gasteiger partial charge in [0.15, 0.2) is 0 Å². The zero-order valence-corrected chi connectivity index (χ0v) is 13.6. The lowest BCUT2D eigenvalue weighted by molar-refractivity contribution is -0.137. The van der Waals surface area contributed by atoms with Crippen molar-refractivity contribution in [1.82, 2.24) is 0 Å². The second-order valence-electron chi connectivity index (χ2n) is 5.85. The molecule has 1 atom stereocenters. The van der Waals surface area contributed by atoms with Crippen molar-refractivity contribution in [1.29, 1.82) is 0 Å².